The van der Waals surface area contributed by atoms with E-state index in [2.05, 4.69) is 30.8 Å². The van der Waals surface area contributed by atoms with Crippen molar-refractivity contribution in [3.05, 3.63) is 73.9 Å². The number of ether oxygens (including phenoxy) is 1. The first-order valence-electron chi connectivity index (χ1n) is 9.38. The fourth-order valence-corrected chi connectivity index (χ4v) is 4.11. The Labute approximate surface area is 177 Å². The number of hydrogen-bond acceptors (Lipinski definition) is 5. The van der Waals surface area contributed by atoms with Crippen LogP contribution < -0.4 is 16.1 Å². The lowest BCUT2D eigenvalue weighted by atomic mass is 10.1. The van der Waals surface area contributed by atoms with Gasteiger partial charge < -0.3 is 14.6 Å². The van der Waals surface area contributed by atoms with Crippen molar-refractivity contribution in [2.45, 2.75) is 0 Å². The highest BCUT2D eigenvalue weighted by Crippen LogP contribution is 2.27. The summed E-state index contributed by atoms with van der Waals surface area (Å²) in [5.74, 6) is -0.580. The van der Waals surface area contributed by atoms with Gasteiger partial charge in [-0.25, -0.2) is 13.8 Å². The third-order valence-electron chi connectivity index (χ3n) is 5.28. The van der Waals surface area contributed by atoms with Gasteiger partial charge in [-0.05, 0) is 40.2 Å². The maximum Gasteiger partial charge on any atom is 0.333 e. The van der Waals surface area contributed by atoms with E-state index in [4.69, 9.17) is 4.74 Å². The van der Waals surface area contributed by atoms with Gasteiger partial charge in [-0.1, -0.05) is 6.07 Å². The predicted molar refractivity (Wildman–Crippen MR) is 116 cm³/mol. The molecule has 0 bridgehead atoms. The number of H-pyrrole nitrogens is 1. The fourth-order valence-electron chi connectivity index (χ4n) is 3.76. The third-order valence-corrected chi connectivity index (χ3v) is 5.89. The van der Waals surface area contributed by atoms with Crippen molar-refractivity contribution in [2.75, 3.05) is 31.2 Å². The molecule has 152 valence electrons. The summed E-state index contributed by atoms with van der Waals surface area (Å²) >= 11 is 3.08. The van der Waals surface area contributed by atoms with E-state index in [1.54, 1.807) is 6.20 Å². The Balaban J connectivity index is 1.76. The number of aromatic nitrogens is 3. The van der Waals surface area contributed by atoms with Crippen LogP contribution in [0.15, 0.2) is 56.8 Å². The zero-order chi connectivity index (χ0) is 20.8. The van der Waals surface area contributed by atoms with Gasteiger partial charge in [-0.2, -0.15) is 0 Å². The van der Waals surface area contributed by atoms with E-state index in [0.717, 1.165) is 34.8 Å². The number of hydrogen-bond donors (Lipinski definition) is 1. The molecule has 2 aromatic heterocycles. The standard InChI is InChI=1S/C21H16BrFN4O3/c22-16-9-18-15(8-17(16)23)20(28)27(21(29)25-18)19-11-24-10-12-1-2-13(7-14(12)19)26-3-5-30-6-4-26/h1-2,7-11H,3-6H2,(H,25,29). The quantitative estimate of drug-likeness (QED) is 0.487. The van der Waals surface area contributed by atoms with E-state index in [1.807, 2.05) is 18.2 Å². The summed E-state index contributed by atoms with van der Waals surface area (Å²) in [4.78, 5) is 35.0. The van der Waals surface area contributed by atoms with Gasteiger partial charge in [0.1, 0.15) is 5.82 Å². The molecule has 0 amide bonds. The first-order chi connectivity index (χ1) is 14.5. The van der Waals surface area contributed by atoms with Gasteiger partial charge in [-0.15, -0.1) is 0 Å². The average molecular weight is 471 g/mol. The topological polar surface area (TPSA) is 80.2 Å². The van der Waals surface area contributed by atoms with Gasteiger partial charge in [-0.3, -0.25) is 9.78 Å². The summed E-state index contributed by atoms with van der Waals surface area (Å²) in [6.45, 7) is 2.81. The van der Waals surface area contributed by atoms with Crippen molar-refractivity contribution in [3.63, 3.8) is 0 Å². The first-order valence-corrected chi connectivity index (χ1v) is 10.2. The highest BCUT2D eigenvalue weighted by molar-refractivity contribution is 9.10. The zero-order valence-corrected chi connectivity index (χ0v) is 17.3. The summed E-state index contributed by atoms with van der Waals surface area (Å²) in [6.07, 6.45) is 3.15. The number of benzene rings is 2. The number of halogens is 2. The fraction of sp³-hybridized carbons (Fsp3) is 0.190. The lowest BCUT2D eigenvalue weighted by Crippen LogP contribution is -2.36. The maximum absolute atomic E-state index is 14.1. The van der Waals surface area contributed by atoms with Crippen LogP contribution >= 0.6 is 15.9 Å². The highest BCUT2D eigenvalue weighted by atomic mass is 79.9. The van der Waals surface area contributed by atoms with Crippen molar-refractivity contribution in [1.82, 2.24) is 14.5 Å². The molecule has 7 nitrogen and oxygen atoms in total. The Bertz CT molecular complexity index is 1410. The molecule has 0 saturated carbocycles. The van der Waals surface area contributed by atoms with Crippen LogP contribution in [0.3, 0.4) is 0 Å². The maximum atomic E-state index is 14.1. The summed E-state index contributed by atoms with van der Waals surface area (Å²) in [6, 6.07) is 8.34. The van der Waals surface area contributed by atoms with E-state index in [0.29, 0.717) is 24.3 Å². The van der Waals surface area contributed by atoms with Gasteiger partial charge in [0.05, 0.1) is 40.5 Å². The van der Waals surface area contributed by atoms with E-state index in [9.17, 15) is 14.0 Å². The van der Waals surface area contributed by atoms with Crippen LogP contribution in [-0.2, 0) is 4.74 Å². The number of pyridine rings is 1. The van der Waals surface area contributed by atoms with Gasteiger partial charge in [0, 0.05) is 35.7 Å². The summed E-state index contributed by atoms with van der Waals surface area (Å²) < 4.78 is 20.7. The Morgan fingerprint density at radius 3 is 2.67 bits per heavy atom. The molecule has 2 aromatic carbocycles. The SMILES string of the molecule is O=c1[nH]c2cc(Br)c(F)cc2c(=O)n1-c1cncc2ccc(N3CCOCC3)cc12. The molecule has 0 atom stereocenters. The Hall–Kier alpha value is -3.04. The molecule has 1 N–H and O–H groups in total. The molecule has 1 aliphatic heterocycles. The van der Waals surface area contributed by atoms with Crippen LogP contribution in [0.2, 0.25) is 0 Å². The number of morpholine rings is 1. The van der Waals surface area contributed by atoms with E-state index >= 15 is 0 Å². The zero-order valence-electron chi connectivity index (χ0n) is 15.7. The van der Waals surface area contributed by atoms with Crippen molar-refractivity contribution >= 4 is 43.3 Å². The van der Waals surface area contributed by atoms with Gasteiger partial charge in [0.25, 0.3) is 5.56 Å². The molecule has 0 unspecified atom stereocenters. The van der Waals surface area contributed by atoms with Crippen molar-refractivity contribution < 1.29 is 9.13 Å². The molecule has 0 radical (unpaired) electrons. The highest BCUT2D eigenvalue weighted by Gasteiger charge is 2.17. The van der Waals surface area contributed by atoms with E-state index < -0.39 is 17.1 Å². The largest absolute Gasteiger partial charge is 0.378 e. The predicted octanol–water partition coefficient (Wildman–Crippen LogP) is 2.97. The number of nitrogens with one attached hydrogen (secondary N) is 1. The number of aromatic amines is 1. The minimum absolute atomic E-state index is 0.0802. The molecular formula is C21H16BrFN4O3. The van der Waals surface area contributed by atoms with Crippen LogP contribution in [0.25, 0.3) is 27.4 Å². The van der Waals surface area contributed by atoms with Crippen molar-refractivity contribution in [3.8, 4) is 5.69 Å². The first kappa shape index (κ1) is 19.0. The molecular weight excluding hydrogens is 455 g/mol. The van der Waals surface area contributed by atoms with Crippen LogP contribution in [0.1, 0.15) is 0 Å². The molecule has 1 aliphatic rings. The summed E-state index contributed by atoms with van der Waals surface area (Å²) in [7, 11) is 0. The second-order valence-electron chi connectivity index (χ2n) is 7.05. The third kappa shape index (κ3) is 3.10. The Kier molecular flexibility index (Phi) is 4.63. The van der Waals surface area contributed by atoms with E-state index in [1.165, 1.54) is 12.3 Å². The molecule has 9 heteroatoms. The van der Waals surface area contributed by atoms with Crippen LogP contribution in [-0.4, -0.2) is 40.8 Å². The molecule has 30 heavy (non-hydrogen) atoms. The van der Waals surface area contributed by atoms with Crippen molar-refractivity contribution in [1.29, 1.82) is 0 Å². The van der Waals surface area contributed by atoms with E-state index in [-0.39, 0.29) is 15.4 Å². The average Bonchev–Trinajstić information content (AvgIpc) is 2.76. The Morgan fingerprint density at radius 2 is 1.87 bits per heavy atom. The lowest BCUT2D eigenvalue weighted by Gasteiger charge is -2.29. The summed E-state index contributed by atoms with van der Waals surface area (Å²) in [5.41, 5.74) is 0.359. The number of anilines is 1. The molecule has 0 aliphatic carbocycles. The minimum Gasteiger partial charge on any atom is -0.378 e. The number of fused-ring (bicyclic) bond motifs is 2. The van der Waals surface area contributed by atoms with Crippen molar-refractivity contribution in [2.24, 2.45) is 0 Å². The van der Waals surface area contributed by atoms with Gasteiger partial charge in [0.2, 0.25) is 0 Å². The minimum atomic E-state index is -0.614. The van der Waals surface area contributed by atoms with Crippen LogP contribution in [0.5, 0.6) is 0 Å². The normalized spacial score (nSPS) is 14.5. The molecule has 4 aromatic rings. The second-order valence-corrected chi connectivity index (χ2v) is 7.90. The van der Waals surface area contributed by atoms with Gasteiger partial charge >= 0.3 is 5.69 Å². The second kappa shape index (κ2) is 7.33. The molecule has 1 saturated heterocycles. The Morgan fingerprint density at radius 1 is 1.07 bits per heavy atom. The number of nitrogens with zero attached hydrogens (tertiary/aromatic N) is 3. The summed E-state index contributed by atoms with van der Waals surface area (Å²) in [5, 5.41) is 1.58. The van der Waals surface area contributed by atoms with Crippen LogP contribution in [0, 0.1) is 5.82 Å². The molecule has 1 fully saturated rings. The molecule has 3 heterocycles. The van der Waals surface area contributed by atoms with Crippen LogP contribution in [0.4, 0.5) is 10.1 Å². The monoisotopic (exact) mass is 470 g/mol. The van der Waals surface area contributed by atoms with Gasteiger partial charge in [0.15, 0.2) is 0 Å². The lowest BCUT2D eigenvalue weighted by molar-refractivity contribution is 0.122. The molecule has 5 rings (SSSR count). The number of rotatable bonds is 2. The smallest absolute Gasteiger partial charge is 0.333 e. The molecule has 0 spiro atoms.